The highest BCUT2D eigenvalue weighted by molar-refractivity contribution is 7.10. The Morgan fingerprint density at radius 1 is 1.53 bits per heavy atom. The second kappa shape index (κ2) is 4.85. The van der Waals surface area contributed by atoms with Gasteiger partial charge in [-0.1, -0.05) is 0 Å². The van der Waals surface area contributed by atoms with Crippen molar-refractivity contribution in [2.24, 2.45) is 11.5 Å². The molecule has 1 rings (SSSR count). The first-order chi connectivity index (χ1) is 7.70. The van der Waals surface area contributed by atoms with Gasteiger partial charge < -0.3 is 16.2 Å². The minimum Gasteiger partial charge on any atom is -0.459 e. The topological polar surface area (TPSA) is 102 Å². The molecule has 1 atom stereocenters. The van der Waals surface area contributed by atoms with E-state index in [1.54, 1.807) is 32.2 Å². The van der Waals surface area contributed by atoms with E-state index in [1.165, 1.54) is 11.3 Å². The number of amidine groups is 1. The molecular weight excluding hydrogens is 238 g/mol. The highest BCUT2D eigenvalue weighted by Gasteiger charge is 2.24. The Bertz CT molecular complexity index is 434. The third kappa shape index (κ3) is 3.83. The molecule has 0 aliphatic rings. The monoisotopic (exact) mass is 255 g/mol. The maximum Gasteiger partial charge on any atom is 0.328 e. The molecule has 0 saturated carbocycles. The number of nitrogens with one attached hydrogen (secondary N) is 1. The lowest BCUT2D eigenvalue weighted by molar-refractivity contribution is -0.156. The molecule has 1 aromatic heterocycles. The molecule has 0 aromatic carbocycles. The predicted octanol–water partition coefficient (Wildman–Crippen LogP) is 1.37. The van der Waals surface area contributed by atoms with Crippen LogP contribution in [0, 0.1) is 5.41 Å². The van der Waals surface area contributed by atoms with Crippen LogP contribution in [0.15, 0.2) is 11.4 Å². The Morgan fingerprint density at radius 3 is 2.53 bits per heavy atom. The van der Waals surface area contributed by atoms with Gasteiger partial charge in [-0.3, -0.25) is 5.41 Å². The molecule has 1 unspecified atom stereocenters. The summed E-state index contributed by atoms with van der Waals surface area (Å²) in [5, 5.41) is 8.96. The van der Waals surface area contributed by atoms with Crippen LogP contribution in [0.5, 0.6) is 0 Å². The summed E-state index contributed by atoms with van der Waals surface area (Å²) in [6, 6.07) is 0.814. The summed E-state index contributed by atoms with van der Waals surface area (Å²) in [4.78, 5) is 12.4. The van der Waals surface area contributed by atoms with Crippen molar-refractivity contribution in [3.8, 4) is 0 Å². The number of nitrogens with two attached hydrogens (primary N) is 2. The number of esters is 1. The van der Waals surface area contributed by atoms with Crippen LogP contribution in [-0.2, 0) is 9.53 Å². The molecule has 0 aliphatic heterocycles. The quantitative estimate of drug-likeness (QED) is 0.431. The van der Waals surface area contributed by atoms with Gasteiger partial charge in [-0.2, -0.15) is 0 Å². The van der Waals surface area contributed by atoms with Gasteiger partial charge in [0.1, 0.15) is 17.5 Å². The van der Waals surface area contributed by atoms with Crippen molar-refractivity contribution in [2.75, 3.05) is 0 Å². The largest absolute Gasteiger partial charge is 0.459 e. The summed E-state index contributed by atoms with van der Waals surface area (Å²) >= 11 is 1.29. The first kappa shape index (κ1) is 13.7. The van der Waals surface area contributed by atoms with E-state index in [-0.39, 0.29) is 5.84 Å². The minimum atomic E-state index is -0.827. The van der Waals surface area contributed by atoms with Crippen LogP contribution in [-0.4, -0.2) is 17.4 Å². The molecule has 17 heavy (non-hydrogen) atoms. The van der Waals surface area contributed by atoms with E-state index in [0.717, 1.165) is 0 Å². The fourth-order valence-corrected chi connectivity index (χ4v) is 2.03. The fourth-order valence-electron chi connectivity index (χ4n) is 1.14. The van der Waals surface area contributed by atoms with Crippen LogP contribution >= 0.6 is 11.3 Å². The van der Waals surface area contributed by atoms with Gasteiger partial charge in [0.25, 0.3) is 0 Å². The highest BCUT2D eigenvalue weighted by Crippen LogP contribution is 2.23. The molecule has 0 saturated heterocycles. The second-order valence-corrected chi connectivity index (χ2v) is 5.61. The van der Waals surface area contributed by atoms with E-state index < -0.39 is 17.6 Å². The summed E-state index contributed by atoms with van der Waals surface area (Å²) < 4.78 is 5.18. The number of hydrogen-bond acceptors (Lipinski definition) is 5. The summed E-state index contributed by atoms with van der Waals surface area (Å²) in [6.07, 6.45) is 0. The van der Waals surface area contributed by atoms with Gasteiger partial charge in [0.2, 0.25) is 0 Å². The molecule has 1 aromatic rings. The lowest BCUT2D eigenvalue weighted by atomic mass is 10.1. The minimum absolute atomic E-state index is 0.0381. The van der Waals surface area contributed by atoms with Gasteiger partial charge in [0.05, 0.1) is 0 Å². The molecule has 1 heterocycles. The Balaban J connectivity index is 2.78. The molecule has 5 N–H and O–H groups in total. The Labute approximate surface area is 104 Å². The van der Waals surface area contributed by atoms with Crippen molar-refractivity contribution in [2.45, 2.75) is 32.4 Å². The molecule has 0 radical (unpaired) electrons. The van der Waals surface area contributed by atoms with E-state index in [2.05, 4.69) is 0 Å². The zero-order chi connectivity index (χ0) is 13.2. The smallest absolute Gasteiger partial charge is 0.328 e. The van der Waals surface area contributed by atoms with Crippen LogP contribution in [0.25, 0.3) is 0 Å². The third-order valence-electron chi connectivity index (χ3n) is 1.90. The number of carbonyl (C=O) groups is 1. The van der Waals surface area contributed by atoms with Gasteiger partial charge in [-0.05, 0) is 26.8 Å². The predicted molar refractivity (Wildman–Crippen MR) is 68.1 cm³/mol. The van der Waals surface area contributed by atoms with Crippen molar-refractivity contribution in [1.82, 2.24) is 0 Å². The maximum atomic E-state index is 11.7. The second-order valence-electron chi connectivity index (χ2n) is 4.66. The van der Waals surface area contributed by atoms with Gasteiger partial charge in [0, 0.05) is 15.8 Å². The van der Waals surface area contributed by atoms with E-state index in [1.807, 2.05) is 0 Å². The number of ether oxygens (including phenoxy) is 1. The SMILES string of the molecule is CC(C)(C)OC(=O)C(N)c1cc(C(=N)N)cs1. The van der Waals surface area contributed by atoms with Crippen LogP contribution in [0.1, 0.15) is 37.3 Å². The molecule has 94 valence electrons. The maximum absolute atomic E-state index is 11.7. The van der Waals surface area contributed by atoms with Crippen LogP contribution in [0.2, 0.25) is 0 Å². The normalized spacial score (nSPS) is 13.2. The number of hydrogen-bond donors (Lipinski definition) is 3. The molecule has 6 heteroatoms. The number of thiophene rings is 1. The third-order valence-corrected chi connectivity index (χ3v) is 2.91. The summed E-state index contributed by atoms with van der Waals surface area (Å²) in [5.41, 5.74) is 11.1. The van der Waals surface area contributed by atoms with E-state index in [9.17, 15) is 4.79 Å². The van der Waals surface area contributed by atoms with Gasteiger partial charge in [-0.15, -0.1) is 11.3 Å². The summed E-state index contributed by atoms with van der Waals surface area (Å²) in [5.74, 6) is -0.515. The summed E-state index contributed by atoms with van der Waals surface area (Å²) in [6.45, 7) is 5.35. The first-order valence-corrected chi connectivity index (χ1v) is 6.00. The number of carbonyl (C=O) groups excluding carboxylic acids is 1. The molecular formula is C11H17N3O2S. The Hall–Kier alpha value is -1.40. The molecule has 0 aliphatic carbocycles. The van der Waals surface area contributed by atoms with Gasteiger partial charge >= 0.3 is 5.97 Å². The highest BCUT2D eigenvalue weighted by atomic mass is 32.1. The summed E-state index contributed by atoms with van der Waals surface area (Å²) in [7, 11) is 0. The van der Waals surface area contributed by atoms with Crippen LogP contribution in [0.3, 0.4) is 0 Å². The standard InChI is InChI=1S/C11H17N3O2S/c1-11(2,3)16-10(15)8(12)7-4-6(5-17-7)9(13)14/h4-5,8H,12H2,1-3H3,(H3,13,14). The molecule has 5 nitrogen and oxygen atoms in total. The molecule has 0 fully saturated rings. The Kier molecular flexibility index (Phi) is 3.90. The zero-order valence-electron chi connectivity index (χ0n) is 10.1. The van der Waals surface area contributed by atoms with Crippen LogP contribution in [0.4, 0.5) is 0 Å². The van der Waals surface area contributed by atoms with Crippen molar-refractivity contribution in [3.05, 3.63) is 21.9 Å². The fraction of sp³-hybridized carbons (Fsp3) is 0.455. The van der Waals surface area contributed by atoms with Gasteiger partial charge in [0.15, 0.2) is 0 Å². The molecule has 0 spiro atoms. The number of nitrogen functional groups attached to an aromatic ring is 1. The van der Waals surface area contributed by atoms with Gasteiger partial charge in [-0.25, -0.2) is 4.79 Å². The van der Waals surface area contributed by atoms with E-state index >= 15 is 0 Å². The lowest BCUT2D eigenvalue weighted by Crippen LogP contribution is -2.31. The average Bonchev–Trinajstić information content (AvgIpc) is 2.62. The average molecular weight is 255 g/mol. The van der Waals surface area contributed by atoms with E-state index in [4.69, 9.17) is 21.6 Å². The zero-order valence-corrected chi connectivity index (χ0v) is 10.9. The van der Waals surface area contributed by atoms with Crippen LogP contribution < -0.4 is 11.5 Å². The molecule has 0 amide bonds. The molecule has 0 bridgehead atoms. The van der Waals surface area contributed by atoms with Crippen molar-refractivity contribution >= 4 is 23.1 Å². The van der Waals surface area contributed by atoms with E-state index in [0.29, 0.717) is 10.4 Å². The Morgan fingerprint density at radius 2 is 2.12 bits per heavy atom. The lowest BCUT2D eigenvalue weighted by Gasteiger charge is -2.21. The van der Waals surface area contributed by atoms with Crippen molar-refractivity contribution in [1.29, 1.82) is 5.41 Å². The van der Waals surface area contributed by atoms with Crippen molar-refractivity contribution < 1.29 is 9.53 Å². The number of rotatable bonds is 3. The first-order valence-electron chi connectivity index (χ1n) is 5.12. The van der Waals surface area contributed by atoms with Crippen molar-refractivity contribution in [3.63, 3.8) is 0 Å².